The summed E-state index contributed by atoms with van der Waals surface area (Å²) in [5.41, 5.74) is 11.1. The van der Waals surface area contributed by atoms with Crippen LogP contribution in [0, 0.1) is 0 Å². The molecule has 0 aliphatic rings. The average molecular weight is 540 g/mol. The Morgan fingerprint density at radius 2 is 1.24 bits per heavy atom. The first kappa shape index (κ1) is 21.9. The van der Waals surface area contributed by atoms with Crippen LogP contribution in [0.15, 0.2) is 132 Å². The van der Waals surface area contributed by atoms with Crippen LogP contribution in [0.4, 0.5) is 0 Å². The predicted molar refractivity (Wildman–Crippen MR) is 169 cm³/mol. The molecule has 42 heavy (non-hydrogen) atoms. The third kappa shape index (κ3) is 2.68. The Balaban J connectivity index is 1.34. The van der Waals surface area contributed by atoms with Crippen LogP contribution in [0.25, 0.3) is 83.1 Å². The third-order valence-electron chi connectivity index (χ3n) is 8.50. The van der Waals surface area contributed by atoms with Gasteiger partial charge in [-0.05, 0) is 60.7 Å². The molecule has 6 nitrogen and oxygen atoms in total. The van der Waals surface area contributed by atoms with Gasteiger partial charge in [-0.1, -0.05) is 60.7 Å². The molecule has 10 rings (SSSR count). The molecule has 0 aliphatic heterocycles. The van der Waals surface area contributed by atoms with Crippen LogP contribution in [0.3, 0.4) is 0 Å². The van der Waals surface area contributed by atoms with Gasteiger partial charge in [-0.2, -0.15) is 0 Å². The lowest BCUT2D eigenvalue weighted by atomic mass is 10.1. The fourth-order valence-electron chi connectivity index (χ4n) is 6.81. The molecule has 0 bridgehead atoms. The Morgan fingerprint density at radius 1 is 0.524 bits per heavy atom. The lowest BCUT2D eigenvalue weighted by Crippen LogP contribution is -1.96. The number of nitrogens with zero attached hydrogens (tertiary/aromatic N) is 5. The van der Waals surface area contributed by atoms with Crippen molar-refractivity contribution >= 4 is 71.7 Å². The van der Waals surface area contributed by atoms with Crippen LogP contribution in [-0.2, 0) is 0 Å². The van der Waals surface area contributed by atoms with E-state index in [0.717, 1.165) is 83.1 Å². The predicted octanol–water partition coefficient (Wildman–Crippen LogP) is 8.82. The van der Waals surface area contributed by atoms with E-state index in [2.05, 4.69) is 123 Å². The Kier molecular flexibility index (Phi) is 4.10. The minimum absolute atomic E-state index is 0.834. The van der Waals surface area contributed by atoms with E-state index in [0.29, 0.717) is 0 Å². The summed E-state index contributed by atoms with van der Waals surface area (Å²) in [6, 6.07) is 42.0. The van der Waals surface area contributed by atoms with Crippen molar-refractivity contribution in [3.8, 4) is 11.4 Å². The van der Waals surface area contributed by atoms with Gasteiger partial charge in [0.1, 0.15) is 5.58 Å². The van der Waals surface area contributed by atoms with Crippen molar-refractivity contribution in [3.05, 3.63) is 128 Å². The van der Waals surface area contributed by atoms with Gasteiger partial charge in [0.2, 0.25) is 5.78 Å². The summed E-state index contributed by atoms with van der Waals surface area (Å²) in [7, 11) is 0. The highest BCUT2D eigenvalue weighted by molar-refractivity contribution is 6.14. The maximum atomic E-state index is 6.75. The van der Waals surface area contributed by atoms with E-state index in [1.807, 2.05) is 18.3 Å². The molecule has 10 aromatic rings. The molecule has 196 valence electrons. The number of rotatable bonds is 2. The van der Waals surface area contributed by atoms with Gasteiger partial charge >= 0.3 is 0 Å². The molecular formula is C36H21N5O. The van der Waals surface area contributed by atoms with Gasteiger partial charge in [-0.25, -0.2) is 4.98 Å². The Bertz CT molecular complexity index is 2650. The minimum Gasteiger partial charge on any atom is -0.454 e. The van der Waals surface area contributed by atoms with E-state index in [-0.39, 0.29) is 0 Å². The van der Waals surface area contributed by atoms with Gasteiger partial charge in [0.25, 0.3) is 0 Å². The van der Waals surface area contributed by atoms with E-state index < -0.39 is 0 Å². The molecule has 5 aromatic heterocycles. The fraction of sp³-hybridized carbons (Fsp3) is 0. The molecular weight excluding hydrogens is 518 g/mol. The lowest BCUT2D eigenvalue weighted by Gasteiger charge is -2.09. The van der Waals surface area contributed by atoms with Crippen molar-refractivity contribution in [2.75, 3.05) is 0 Å². The highest BCUT2D eigenvalue weighted by Gasteiger charge is 2.22. The van der Waals surface area contributed by atoms with Gasteiger partial charge in [0.05, 0.1) is 55.4 Å². The molecule has 0 amide bonds. The number of fused-ring (bicyclic) bond motifs is 11. The average Bonchev–Trinajstić information content (AvgIpc) is 3.78. The zero-order valence-electron chi connectivity index (χ0n) is 22.3. The van der Waals surface area contributed by atoms with Crippen LogP contribution in [0.1, 0.15) is 0 Å². The van der Waals surface area contributed by atoms with Crippen molar-refractivity contribution < 1.29 is 4.42 Å². The number of hydrogen-bond donors (Lipinski definition) is 0. The summed E-state index contributed by atoms with van der Waals surface area (Å²) in [5.74, 6) is 0.879. The van der Waals surface area contributed by atoms with Crippen LogP contribution < -0.4 is 0 Å². The zero-order chi connectivity index (χ0) is 27.4. The molecule has 0 saturated heterocycles. The topological polar surface area (TPSA) is 53.2 Å². The molecule has 0 spiro atoms. The number of hydrogen-bond acceptors (Lipinski definition) is 3. The fourth-order valence-corrected chi connectivity index (χ4v) is 6.81. The van der Waals surface area contributed by atoms with Crippen molar-refractivity contribution in [3.63, 3.8) is 0 Å². The Hall–Kier alpha value is -5.88. The van der Waals surface area contributed by atoms with E-state index in [4.69, 9.17) is 14.4 Å². The SMILES string of the molecule is c1ccc2c(c1)nc1n(-c3cccc4oc5c(-n6c7ccccc7c7ncccc76)cccc5c34)c3ccccc3n21. The van der Waals surface area contributed by atoms with Crippen molar-refractivity contribution in [1.82, 2.24) is 23.5 Å². The molecule has 0 N–H and O–H groups in total. The van der Waals surface area contributed by atoms with Crippen LogP contribution in [-0.4, -0.2) is 23.5 Å². The summed E-state index contributed by atoms with van der Waals surface area (Å²) in [6.07, 6.45) is 1.86. The number of para-hydroxylation sites is 6. The smallest absolute Gasteiger partial charge is 0.220 e. The van der Waals surface area contributed by atoms with E-state index in [1.54, 1.807) is 0 Å². The first-order chi connectivity index (χ1) is 20.9. The van der Waals surface area contributed by atoms with E-state index >= 15 is 0 Å². The molecule has 6 heteroatoms. The summed E-state index contributed by atoms with van der Waals surface area (Å²) in [4.78, 5) is 9.85. The van der Waals surface area contributed by atoms with Crippen LogP contribution in [0.5, 0.6) is 0 Å². The molecule has 5 aromatic carbocycles. The Morgan fingerprint density at radius 3 is 2.17 bits per heavy atom. The van der Waals surface area contributed by atoms with Gasteiger partial charge < -0.3 is 8.98 Å². The largest absolute Gasteiger partial charge is 0.454 e. The molecule has 0 saturated carbocycles. The Labute approximate surface area is 238 Å². The summed E-state index contributed by atoms with van der Waals surface area (Å²) in [6.45, 7) is 0. The van der Waals surface area contributed by atoms with Gasteiger partial charge in [0, 0.05) is 17.0 Å². The summed E-state index contributed by atoms with van der Waals surface area (Å²) >= 11 is 0. The molecule has 0 unspecified atom stereocenters. The standard InChI is InChI=1S/C36H21N5O/c1-3-13-25-22(10-1)34-30(19-9-21-37-34)39(25)31-18-7-11-23-33-29(17-8-20-32(33)42-35(23)31)41-28-16-6-5-15-27(28)40-26-14-4-2-12-24(26)38-36(40)41/h1-21H. The van der Waals surface area contributed by atoms with Gasteiger partial charge in [-0.15, -0.1) is 0 Å². The maximum Gasteiger partial charge on any atom is 0.220 e. The van der Waals surface area contributed by atoms with Crippen LogP contribution >= 0.6 is 0 Å². The minimum atomic E-state index is 0.834. The first-order valence-electron chi connectivity index (χ1n) is 14.0. The molecule has 0 aliphatic carbocycles. The monoisotopic (exact) mass is 539 g/mol. The highest BCUT2D eigenvalue weighted by Crippen LogP contribution is 2.40. The lowest BCUT2D eigenvalue weighted by molar-refractivity contribution is 0.666. The van der Waals surface area contributed by atoms with E-state index in [1.165, 1.54) is 0 Å². The number of pyridine rings is 1. The number of imidazole rings is 2. The van der Waals surface area contributed by atoms with Crippen molar-refractivity contribution in [2.24, 2.45) is 0 Å². The molecule has 0 fully saturated rings. The van der Waals surface area contributed by atoms with Crippen LogP contribution in [0.2, 0.25) is 0 Å². The van der Waals surface area contributed by atoms with Gasteiger partial charge in [-0.3, -0.25) is 14.0 Å². The van der Waals surface area contributed by atoms with Crippen molar-refractivity contribution in [2.45, 2.75) is 0 Å². The number of aromatic nitrogens is 5. The molecule has 5 heterocycles. The van der Waals surface area contributed by atoms with Gasteiger partial charge in [0.15, 0.2) is 5.58 Å². The first-order valence-corrected chi connectivity index (χ1v) is 14.0. The number of furan rings is 1. The normalized spacial score (nSPS) is 12.3. The second-order valence-corrected chi connectivity index (χ2v) is 10.7. The zero-order valence-corrected chi connectivity index (χ0v) is 22.3. The quantitative estimate of drug-likeness (QED) is 0.221. The van der Waals surface area contributed by atoms with E-state index in [9.17, 15) is 0 Å². The third-order valence-corrected chi connectivity index (χ3v) is 8.50. The highest BCUT2D eigenvalue weighted by atomic mass is 16.3. The molecule has 0 radical (unpaired) electrons. The second kappa shape index (κ2) is 7.86. The maximum absolute atomic E-state index is 6.75. The summed E-state index contributed by atoms with van der Waals surface area (Å²) in [5, 5.41) is 3.23. The summed E-state index contributed by atoms with van der Waals surface area (Å²) < 4.78 is 13.5. The molecule has 0 atom stereocenters. The number of benzene rings is 5. The second-order valence-electron chi connectivity index (χ2n) is 10.7. The van der Waals surface area contributed by atoms with Crippen molar-refractivity contribution in [1.29, 1.82) is 0 Å².